The highest BCUT2D eigenvalue weighted by molar-refractivity contribution is 7.91. The summed E-state index contributed by atoms with van der Waals surface area (Å²) in [5.41, 5.74) is 0.639. The molecule has 1 saturated heterocycles. The highest BCUT2D eigenvalue weighted by Gasteiger charge is 2.31. The summed E-state index contributed by atoms with van der Waals surface area (Å²) in [7, 11) is -1.16. The molecule has 2 heterocycles. The molecule has 1 atom stereocenters. The van der Waals surface area contributed by atoms with Crippen molar-refractivity contribution in [1.82, 2.24) is 9.97 Å². The van der Waals surface area contributed by atoms with Gasteiger partial charge in [0.2, 0.25) is 5.95 Å². The largest absolute Gasteiger partial charge is 0.340 e. The lowest BCUT2D eigenvalue weighted by atomic mass is 10.2. The fraction of sp³-hybridized carbons (Fsp3) is 0.333. The molecule has 0 aliphatic carbocycles. The zero-order valence-electron chi connectivity index (χ0n) is 12.9. The van der Waals surface area contributed by atoms with Crippen LogP contribution in [-0.2, 0) is 9.84 Å². The molecule has 1 N–H and O–H groups in total. The van der Waals surface area contributed by atoms with Crippen LogP contribution in [0.5, 0.6) is 0 Å². The Hall–Kier alpha value is -1.57. The van der Waals surface area contributed by atoms with E-state index < -0.39 is 9.84 Å². The second kappa shape index (κ2) is 6.74. The van der Waals surface area contributed by atoms with Gasteiger partial charge in [-0.2, -0.15) is 4.98 Å². The highest BCUT2D eigenvalue weighted by atomic mass is 35.5. The zero-order chi connectivity index (χ0) is 17.3. The molecule has 1 aromatic heterocycles. The standard InChI is InChI=1S/C15H16Cl2N4O2S/c1-21(11-5-7-24(22,23)9-11)15-18-6-4-14(20-15)19-13-8-10(16)2-3-12(13)17/h2-4,6,8,11H,5,7,9H2,1H3,(H,18,19,20). The third kappa shape index (κ3) is 3.91. The topological polar surface area (TPSA) is 75.2 Å². The Balaban J connectivity index is 1.80. The number of aromatic nitrogens is 2. The molecule has 0 saturated carbocycles. The lowest BCUT2D eigenvalue weighted by molar-refractivity contribution is 0.600. The predicted octanol–water partition coefficient (Wildman–Crippen LogP) is 3.15. The molecule has 2 aromatic rings. The predicted molar refractivity (Wildman–Crippen MR) is 97.2 cm³/mol. The minimum Gasteiger partial charge on any atom is -0.340 e. The summed E-state index contributed by atoms with van der Waals surface area (Å²) in [5, 5.41) is 4.19. The van der Waals surface area contributed by atoms with E-state index in [2.05, 4.69) is 15.3 Å². The Bertz CT molecular complexity index is 860. The second-order valence-electron chi connectivity index (χ2n) is 5.66. The minimum atomic E-state index is -2.96. The molecule has 1 fully saturated rings. The van der Waals surface area contributed by atoms with Crippen LogP contribution in [0.25, 0.3) is 0 Å². The van der Waals surface area contributed by atoms with Crippen LogP contribution < -0.4 is 10.2 Å². The van der Waals surface area contributed by atoms with E-state index in [1.165, 1.54) is 0 Å². The van der Waals surface area contributed by atoms with Gasteiger partial charge in [0.1, 0.15) is 5.82 Å². The molecule has 1 aromatic carbocycles. The second-order valence-corrected chi connectivity index (χ2v) is 8.73. The summed E-state index contributed by atoms with van der Waals surface area (Å²) in [4.78, 5) is 10.5. The Kier molecular flexibility index (Phi) is 4.85. The van der Waals surface area contributed by atoms with Gasteiger partial charge in [-0.3, -0.25) is 0 Å². The first-order valence-corrected chi connectivity index (χ1v) is 9.90. The third-order valence-corrected chi connectivity index (χ3v) is 6.22. The van der Waals surface area contributed by atoms with Gasteiger partial charge in [0, 0.05) is 24.3 Å². The van der Waals surface area contributed by atoms with E-state index in [-0.39, 0.29) is 17.5 Å². The number of rotatable bonds is 4. The van der Waals surface area contributed by atoms with Crippen molar-refractivity contribution in [3.05, 3.63) is 40.5 Å². The smallest absolute Gasteiger partial charge is 0.227 e. The van der Waals surface area contributed by atoms with E-state index >= 15 is 0 Å². The first kappa shape index (κ1) is 17.3. The van der Waals surface area contributed by atoms with Crippen LogP contribution in [0.3, 0.4) is 0 Å². The highest BCUT2D eigenvalue weighted by Crippen LogP contribution is 2.28. The molecule has 0 amide bonds. The zero-order valence-corrected chi connectivity index (χ0v) is 15.2. The first-order valence-electron chi connectivity index (χ1n) is 7.32. The van der Waals surface area contributed by atoms with Crippen molar-refractivity contribution in [2.75, 3.05) is 28.8 Å². The summed E-state index contributed by atoms with van der Waals surface area (Å²) in [6.07, 6.45) is 2.20. The normalized spacial score (nSPS) is 19.2. The van der Waals surface area contributed by atoms with Gasteiger partial charge >= 0.3 is 0 Å². The molecule has 6 nitrogen and oxygen atoms in total. The van der Waals surface area contributed by atoms with Crippen molar-refractivity contribution in [3.63, 3.8) is 0 Å². The Labute approximate surface area is 150 Å². The van der Waals surface area contributed by atoms with E-state index in [1.54, 1.807) is 42.4 Å². The molecule has 128 valence electrons. The van der Waals surface area contributed by atoms with E-state index in [4.69, 9.17) is 23.2 Å². The first-order chi connectivity index (χ1) is 11.3. The summed E-state index contributed by atoms with van der Waals surface area (Å²) < 4.78 is 23.3. The number of hydrogen-bond acceptors (Lipinski definition) is 6. The summed E-state index contributed by atoms with van der Waals surface area (Å²) in [6.45, 7) is 0. The average Bonchev–Trinajstić information content (AvgIpc) is 2.90. The molecule has 1 aliphatic rings. The van der Waals surface area contributed by atoms with Crippen LogP contribution in [0.4, 0.5) is 17.5 Å². The van der Waals surface area contributed by atoms with Gasteiger partial charge in [-0.15, -0.1) is 0 Å². The number of nitrogens with zero attached hydrogens (tertiary/aromatic N) is 3. The molecule has 3 rings (SSSR count). The number of sulfone groups is 1. The monoisotopic (exact) mass is 386 g/mol. The van der Waals surface area contributed by atoms with Crippen molar-refractivity contribution in [2.45, 2.75) is 12.5 Å². The van der Waals surface area contributed by atoms with E-state index in [0.717, 1.165) is 0 Å². The van der Waals surface area contributed by atoms with Gasteiger partial charge in [-0.05, 0) is 30.7 Å². The van der Waals surface area contributed by atoms with Gasteiger partial charge in [-0.25, -0.2) is 13.4 Å². The van der Waals surface area contributed by atoms with Crippen LogP contribution in [0.1, 0.15) is 6.42 Å². The maximum atomic E-state index is 11.6. The minimum absolute atomic E-state index is 0.111. The van der Waals surface area contributed by atoms with Crippen LogP contribution in [-0.4, -0.2) is 43.0 Å². The van der Waals surface area contributed by atoms with Gasteiger partial charge < -0.3 is 10.2 Å². The molecule has 9 heteroatoms. The fourth-order valence-corrected chi connectivity index (χ4v) is 4.67. The van der Waals surface area contributed by atoms with Crippen LogP contribution in [0.2, 0.25) is 10.0 Å². The van der Waals surface area contributed by atoms with Gasteiger partial charge in [0.05, 0.1) is 22.2 Å². The maximum Gasteiger partial charge on any atom is 0.227 e. The van der Waals surface area contributed by atoms with Crippen molar-refractivity contribution in [2.24, 2.45) is 0 Å². The summed E-state index contributed by atoms with van der Waals surface area (Å²) >= 11 is 12.1. The van der Waals surface area contributed by atoms with E-state index in [1.807, 2.05) is 0 Å². The average molecular weight is 387 g/mol. The number of benzene rings is 1. The SMILES string of the molecule is CN(c1nccc(Nc2cc(Cl)ccc2Cl)n1)C1CCS(=O)(=O)C1. The third-order valence-electron chi connectivity index (χ3n) is 3.91. The van der Waals surface area contributed by atoms with Crippen molar-refractivity contribution in [3.8, 4) is 0 Å². The molecule has 0 bridgehead atoms. The van der Waals surface area contributed by atoms with Crippen molar-refractivity contribution >= 4 is 50.5 Å². The Morgan fingerprint density at radius 3 is 2.79 bits per heavy atom. The molecular weight excluding hydrogens is 371 g/mol. The molecule has 24 heavy (non-hydrogen) atoms. The Morgan fingerprint density at radius 1 is 1.29 bits per heavy atom. The molecule has 0 spiro atoms. The van der Waals surface area contributed by atoms with Crippen molar-refractivity contribution < 1.29 is 8.42 Å². The van der Waals surface area contributed by atoms with Crippen LogP contribution >= 0.6 is 23.2 Å². The van der Waals surface area contributed by atoms with E-state index in [9.17, 15) is 8.42 Å². The lowest BCUT2D eigenvalue weighted by Gasteiger charge is -2.23. The molecule has 1 aliphatic heterocycles. The molecule has 1 unspecified atom stereocenters. The number of anilines is 3. The number of halogens is 2. The van der Waals surface area contributed by atoms with Crippen molar-refractivity contribution in [1.29, 1.82) is 0 Å². The fourth-order valence-electron chi connectivity index (χ4n) is 2.56. The molecule has 0 radical (unpaired) electrons. The lowest BCUT2D eigenvalue weighted by Crippen LogP contribution is -2.33. The Morgan fingerprint density at radius 2 is 2.08 bits per heavy atom. The number of hydrogen-bond donors (Lipinski definition) is 1. The van der Waals surface area contributed by atoms with Crippen LogP contribution in [0, 0.1) is 0 Å². The van der Waals surface area contributed by atoms with Gasteiger partial charge in [0.25, 0.3) is 0 Å². The maximum absolute atomic E-state index is 11.6. The van der Waals surface area contributed by atoms with Crippen LogP contribution in [0.15, 0.2) is 30.5 Å². The summed E-state index contributed by atoms with van der Waals surface area (Å²) in [6, 6.07) is 6.71. The summed E-state index contributed by atoms with van der Waals surface area (Å²) in [5.74, 6) is 1.35. The quantitative estimate of drug-likeness (QED) is 0.869. The molecular formula is C15H16Cl2N4O2S. The van der Waals surface area contributed by atoms with E-state index in [0.29, 0.717) is 33.9 Å². The van der Waals surface area contributed by atoms with Gasteiger partial charge in [-0.1, -0.05) is 23.2 Å². The number of nitrogens with one attached hydrogen (secondary N) is 1. The van der Waals surface area contributed by atoms with Gasteiger partial charge in [0.15, 0.2) is 9.84 Å².